The Kier molecular flexibility index (Phi) is 6.72. The molecule has 2 aliphatic rings. The van der Waals surface area contributed by atoms with E-state index in [1.54, 1.807) is 7.11 Å². The van der Waals surface area contributed by atoms with Gasteiger partial charge in [0.25, 0.3) is 5.91 Å². The molecule has 0 bridgehead atoms. The van der Waals surface area contributed by atoms with Crippen molar-refractivity contribution in [2.45, 2.75) is 44.7 Å². The number of piperazine rings is 1. The fourth-order valence-electron chi connectivity index (χ4n) is 5.43. The Hall–Kier alpha value is -3.06. The lowest BCUT2D eigenvalue weighted by atomic mass is 9.94. The minimum atomic E-state index is -0.0165. The number of aromatic nitrogens is 2. The number of fused-ring (bicyclic) bond motifs is 1. The van der Waals surface area contributed by atoms with Crippen molar-refractivity contribution in [3.8, 4) is 5.75 Å². The molecule has 180 valence electrons. The summed E-state index contributed by atoms with van der Waals surface area (Å²) in [5.41, 5.74) is 3.01. The molecule has 2 aromatic carbocycles. The normalized spacial score (nSPS) is 17.8. The van der Waals surface area contributed by atoms with Gasteiger partial charge in [0.2, 0.25) is 0 Å². The summed E-state index contributed by atoms with van der Waals surface area (Å²) in [5, 5.41) is 9.75. The number of nitrogens with one attached hydrogen (secondary N) is 1. The average Bonchev–Trinajstić information content (AvgIpc) is 3.31. The zero-order chi connectivity index (χ0) is 23.5. The van der Waals surface area contributed by atoms with Gasteiger partial charge in [-0.05, 0) is 29.9 Å². The number of hydrogen-bond acceptors (Lipinski definition) is 5. The van der Waals surface area contributed by atoms with Gasteiger partial charge in [0.1, 0.15) is 5.75 Å². The number of carbonyl (C=O) groups excluding carboxylic acids is 1. The summed E-state index contributed by atoms with van der Waals surface area (Å²) in [6.45, 7) is 4.69. The molecule has 2 fully saturated rings. The first-order valence-corrected chi connectivity index (χ1v) is 12.5. The maximum atomic E-state index is 13.4. The molecule has 1 aromatic heterocycles. The number of anilines is 1. The van der Waals surface area contributed by atoms with E-state index in [9.17, 15) is 4.79 Å². The molecule has 1 saturated carbocycles. The zero-order valence-electron chi connectivity index (χ0n) is 20.3. The number of aryl methyl sites for hydroxylation is 1. The second-order valence-electron chi connectivity index (χ2n) is 9.61. The van der Waals surface area contributed by atoms with Crippen molar-refractivity contribution in [1.82, 2.24) is 20.0 Å². The molecular formula is C27H35N5O2. The Morgan fingerprint density at radius 2 is 1.82 bits per heavy atom. The smallest absolute Gasteiger partial charge is 0.255 e. The van der Waals surface area contributed by atoms with Crippen LogP contribution in [0.25, 0.3) is 10.8 Å². The molecule has 0 radical (unpaired) electrons. The average molecular weight is 462 g/mol. The molecule has 7 nitrogen and oxygen atoms in total. The van der Waals surface area contributed by atoms with Gasteiger partial charge >= 0.3 is 0 Å². The lowest BCUT2D eigenvalue weighted by Gasteiger charge is -2.35. The first kappa shape index (κ1) is 22.7. The van der Waals surface area contributed by atoms with Crippen LogP contribution in [0, 0.1) is 0 Å². The van der Waals surface area contributed by atoms with Crippen molar-refractivity contribution in [2.75, 3.05) is 38.2 Å². The third-order valence-electron chi connectivity index (χ3n) is 7.29. The molecule has 5 rings (SSSR count). The van der Waals surface area contributed by atoms with Crippen LogP contribution < -0.4 is 15.0 Å². The fraction of sp³-hybridized carbons (Fsp3) is 0.481. The fourth-order valence-corrected chi connectivity index (χ4v) is 5.43. The second kappa shape index (κ2) is 10.1. The van der Waals surface area contributed by atoms with E-state index >= 15 is 0 Å². The summed E-state index contributed by atoms with van der Waals surface area (Å²) in [5.74, 6) is 0.659. The van der Waals surface area contributed by atoms with Crippen molar-refractivity contribution >= 4 is 22.4 Å². The highest BCUT2D eigenvalue weighted by Gasteiger charge is 2.24. The standard InChI is InChI=1S/C27H35N5O2/c1-30-19-22(17-28-30)32-14-12-31(13-15-32)18-20-16-25(27(33)29-21-8-4-3-5-9-21)26(34-2)24-11-7-6-10-23(20)24/h6-7,10-11,16-17,19,21H,3-5,8-9,12-15,18H2,1-2H3,(H,29,33). The third-order valence-corrected chi connectivity index (χ3v) is 7.29. The number of amides is 1. The molecule has 1 aliphatic carbocycles. The van der Waals surface area contributed by atoms with Crippen LogP contribution in [0.2, 0.25) is 0 Å². The highest BCUT2D eigenvalue weighted by Crippen LogP contribution is 2.34. The van der Waals surface area contributed by atoms with Crippen LogP contribution in [-0.2, 0) is 13.6 Å². The highest BCUT2D eigenvalue weighted by molar-refractivity contribution is 6.05. The molecule has 1 N–H and O–H groups in total. The monoisotopic (exact) mass is 461 g/mol. The van der Waals surface area contributed by atoms with Gasteiger partial charge in [-0.1, -0.05) is 43.5 Å². The Balaban J connectivity index is 1.37. The summed E-state index contributed by atoms with van der Waals surface area (Å²) in [6, 6.07) is 10.6. The molecule has 1 aliphatic heterocycles. The van der Waals surface area contributed by atoms with Crippen LogP contribution in [0.3, 0.4) is 0 Å². The van der Waals surface area contributed by atoms with E-state index in [1.165, 1.54) is 30.5 Å². The summed E-state index contributed by atoms with van der Waals surface area (Å²) in [4.78, 5) is 18.2. The first-order chi connectivity index (χ1) is 16.6. The van der Waals surface area contributed by atoms with E-state index in [-0.39, 0.29) is 11.9 Å². The van der Waals surface area contributed by atoms with Crippen molar-refractivity contribution in [2.24, 2.45) is 7.05 Å². The number of nitrogens with zero attached hydrogens (tertiary/aromatic N) is 4. The quantitative estimate of drug-likeness (QED) is 0.602. The van der Waals surface area contributed by atoms with Crippen molar-refractivity contribution in [3.05, 3.63) is 53.9 Å². The van der Waals surface area contributed by atoms with Gasteiger partial charge in [0.05, 0.1) is 24.6 Å². The molecule has 2 heterocycles. The zero-order valence-corrected chi connectivity index (χ0v) is 20.3. The lowest BCUT2D eigenvalue weighted by Crippen LogP contribution is -2.45. The Morgan fingerprint density at radius 1 is 1.09 bits per heavy atom. The third kappa shape index (κ3) is 4.75. The second-order valence-corrected chi connectivity index (χ2v) is 9.61. The Morgan fingerprint density at radius 3 is 2.50 bits per heavy atom. The minimum absolute atomic E-state index is 0.0165. The van der Waals surface area contributed by atoms with Gasteiger partial charge in [-0.25, -0.2) is 0 Å². The summed E-state index contributed by atoms with van der Waals surface area (Å²) >= 11 is 0. The molecule has 1 amide bonds. The van der Waals surface area contributed by atoms with Gasteiger partial charge < -0.3 is 15.0 Å². The van der Waals surface area contributed by atoms with Crippen LogP contribution >= 0.6 is 0 Å². The van der Waals surface area contributed by atoms with Gasteiger partial charge in [0, 0.05) is 57.4 Å². The summed E-state index contributed by atoms with van der Waals surface area (Å²) in [7, 11) is 3.62. The van der Waals surface area contributed by atoms with Crippen molar-refractivity contribution in [3.63, 3.8) is 0 Å². The maximum Gasteiger partial charge on any atom is 0.255 e. The number of methoxy groups -OCH3 is 1. The van der Waals surface area contributed by atoms with Gasteiger partial charge in [-0.2, -0.15) is 5.10 Å². The van der Waals surface area contributed by atoms with Crippen LogP contribution in [0.5, 0.6) is 5.75 Å². The van der Waals surface area contributed by atoms with Crippen LogP contribution in [0.1, 0.15) is 48.0 Å². The van der Waals surface area contributed by atoms with Crippen LogP contribution in [0.4, 0.5) is 5.69 Å². The number of benzene rings is 2. The van der Waals surface area contributed by atoms with E-state index in [4.69, 9.17) is 4.74 Å². The molecule has 7 heteroatoms. The molecule has 0 atom stereocenters. The molecular weight excluding hydrogens is 426 g/mol. The van der Waals surface area contributed by atoms with E-state index < -0.39 is 0 Å². The van der Waals surface area contributed by atoms with E-state index in [1.807, 2.05) is 24.0 Å². The van der Waals surface area contributed by atoms with E-state index in [0.717, 1.165) is 56.3 Å². The topological polar surface area (TPSA) is 62.6 Å². The predicted octanol–water partition coefficient (Wildman–Crippen LogP) is 3.97. The molecule has 34 heavy (non-hydrogen) atoms. The number of hydrogen-bond donors (Lipinski definition) is 1. The number of rotatable bonds is 6. The number of carbonyl (C=O) groups is 1. The molecule has 1 saturated heterocycles. The molecule has 0 unspecified atom stereocenters. The largest absolute Gasteiger partial charge is 0.495 e. The van der Waals surface area contributed by atoms with Gasteiger partial charge in [0.15, 0.2) is 0 Å². The molecule has 0 spiro atoms. The SMILES string of the molecule is COc1c(C(=O)NC2CCCCC2)cc(CN2CCN(c3cnn(C)c3)CC2)c2ccccc12. The summed E-state index contributed by atoms with van der Waals surface area (Å²) in [6.07, 6.45) is 9.79. The summed E-state index contributed by atoms with van der Waals surface area (Å²) < 4.78 is 7.64. The lowest BCUT2D eigenvalue weighted by molar-refractivity contribution is 0.0924. The van der Waals surface area contributed by atoms with E-state index in [0.29, 0.717) is 11.3 Å². The Bertz CT molecular complexity index is 1140. The Labute approximate surface area is 201 Å². The first-order valence-electron chi connectivity index (χ1n) is 12.5. The number of ether oxygens (including phenoxy) is 1. The van der Waals surface area contributed by atoms with E-state index in [2.05, 4.69) is 50.7 Å². The predicted molar refractivity (Wildman–Crippen MR) is 136 cm³/mol. The van der Waals surface area contributed by atoms with Crippen molar-refractivity contribution in [1.29, 1.82) is 0 Å². The van der Waals surface area contributed by atoms with Gasteiger partial charge in [-0.15, -0.1) is 0 Å². The van der Waals surface area contributed by atoms with Crippen LogP contribution in [0.15, 0.2) is 42.7 Å². The van der Waals surface area contributed by atoms with Gasteiger partial charge in [-0.3, -0.25) is 14.4 Å². The van der Waals surface area contributed by atoms with Crippen LogP contribution in [-0.4, -0.2) is 59.9 Å². The minimum Gasteiger partial charge on any atom is -0.495 e. The highest BCUT2D eigenvalue weighted by atomic mass is 16.5. The molecule has 3 aromatic rings. The maximum absolute atomic E-state index is 13.4. The van der Waals surface area contributed by atoms with Crippen molar-refractivity contribution < 1.29 is 9.53 Å².